The van der Waals surface area contributed by atoms with Gasteiger partial charge >= 0.3 is 5.97 Å². The lowest BCUT2D eigenvalue weighted by molar-refractivity contribution is -0.140. The molecule has 1 N–H and O–H groups in total. The summed E-state index contributed by atoms with van der Waals surface area (Å²) in [6, 6.07) is 13.3. The third-order valence-corrected chi connectivity index (χ3v) is 5.18. The SMILES string of the molecule is CCC(C(=O)O)n1c(=NC(=O)c2ccccc2Cl)sc2ccccc21. The molecule has 0 spiro atoms. The summed E-state index contributed by atoms with van der Waals surface area (Å²) in [4.78, 5) is 28.7. The molecule has 0 fully saturated rings. The van der Waals surface area contributed by atoms with Crippen LogP contribution < -0.4 is 4.80 Å². The number of fused-ring (bicyclic) bond motifs is 1. The van der Waals surface area contributed by atoms with Crippen LogP contribution in [0.2, 0.25) is 5.02 Å². The second-order valence-corrected chi connectivity index (χ2v) is 6.80. The topological polar surface area (TPSA) is 71.7 Å². The minimum absolute atomic E-state index is 0.288. The number of aliphatic carboxylic acids is 1. The number of para-hydroxylation sites is 1. The molecule has 1 heterocycles. The number of hydrogen-bond donors (Lipinski definition) is 1. The molecule has 5 nitrogen and oxygen atoms in total. The van der Waals surface area contributed by atoms with Gasteiger partial charge < -0.3 is 9.67 Å². The summed E-state index contributed by atoms with van der Waals surface area (Å²) in [6.45, 7) is 1.79. The molecular weight excluding hydrogens is 360 g/mol. The first kappa shape index (κ1) is 17.4. The van der Waals surface area contributed by atoms with Crippen LogP contribution in [0.25, 0.3) is 10.2 Å². The zero-order valence-corrected chi connectivity index (χ0v) is 14.9. The largest absolute Gasteiger partial charge is 0.480 e. The summed E-state index contributed by atoms with van der Waals surface area (Å²) in [5.41, 5.74) is 1.03. The molecule has 128 valence electrons. The second kappa shape index (κ2) is 7.21. The van der Waals surface area contributed by atoms with Crippen molar-refractivity contribution < 1.29 is 14.7 Å². The maximum atomic E-state index is 12.5. The highest BCUT2D eigenvalue weighted by molar-refractivity contribution is 7.16. The number of rotatable bonds is 4. The average Bonchev–Trinajstić information content (AvgIpc) is 2.94. The Hall–Kier alpha value is -2.44. The van der Waals surface area contributed by atoms with Gasteiger partial charge in [-0.3, -0.25) is 4.79 Å². The van der Waals surface area contributed by atoms with Gasteiger partial charge in [0.2, 0.25) is 0 Å². The van der Waals surface area contributed by atoms with Gasteiger partial charge in [0.15, 0.2) is 4.80 Å². The van der Waals surface area contributed by atoms with Crippen molar-refractivity contribution >= 4 is 45.0 Å². The number of hydrogen-bond acceptors (Lipinski definition) is 3. The van der Waals surface area contributed by atoms with Gasteiger partial charge in [0.25, 0.3) is 5.91 Å². The molecule has 0 saturated heterocycles. The summed E-state index contributed by atoms with van der Waals surface area (Å²) in [6.07, 6.45) is 0.379. The van der Waals surface area contributed by atoms with E-state index in [0.29, 0.717) is 16.2 Å². The lowest BCUT2D eigenvalue weighted by Crippen LogP contribution is -2.27. The van der Waals surface area contributed by atoms with Gasteiger partial charge in [-0.1, -0.05) is 54.1 Å². The first-order valence-corrected chi connectivity index (χ1v) is 8.88. The van der Waals surface area contributed by atoms with Crippen LogP contribution in [0.15, 0.2) is 53.5 Å². The number of aromatic nitrogens is 1. The summed E-state index contributed by atoms with van der Waals surface area (Å²) in [7, 11) is 0. The van der Waals surface area contributed by atoms with Crippen molar-refractivity contribution in [2.45, 2.75) is 19.4 Å². The first-order chi connectivity index (χ1) is 12.0. The number of halogens is 1. The monoisotopic (exact) mass is 374 g/mol. The molecule has 3 rings (SSSR count). The van der Waals surface area contributed by atoms with Crippen molar-refractivity contribution in [3.05, 3.63) is 63.9 Å². The van der Waals surface area contributed by atoms with Crippen LogP contribution >= 0.6 is 22.9 Å². The van der Waals surface area contributed by atoms with Gasteiger partial charge in [0, 0.05) is 0 Å². The van der Waals surface area contributed by atoms with Crippen LogP contribution in [0.4, 0.5) is 0 Å². The van der Waals surface area contributed by atoms with Crippen LogP contribution in [0, 0.1) is 0 Å². The maximum absolute atomic E-state index is 12.5. The smallest absolute Gasteiger partial charge is 0.326 e. The molecule has 7 heteroatoms. The van der Waals surface area contributed by atoms with Crippen molar-refractivity contribution in [3.63, 3.8) is 0 Å². The summed E-state index contributed by atoms with van der Waals surface area (Å²) >= 11 is 7.35. The standard InChI is InChI=1S/C18H15ClN2O3S/c1-2-13(17(23)24)21-14-9-5-6-10-15(14)25-18(21)20-16(22)11-7-3-4-8-12(11)19/h3-10,13H,2H2,1H3,(H,23,24). The molecule has 3 aromatic rings. The average molecular weight is 375 g/mol. The number of benzene rings is 2. The van der Waals surface area contributed by atoms with Gasteiger partial charge in [-0.15, -0.1) is 0 Å². The molecular formula is C18H15ClN2O3S. The lowest BCUT2D eigenvalue weighted by atomic mass is 10.2. The van der Waals surface area contributed by atoms with Crippen molar-refractivity contribution in [2.24, 2.45) is 4.99 Å². The molecule has 0 aliphatic rings. The molecule has 25 heavy (non-hydrogen) atoms. The summed E-state index contributed by atoms with van der Waals surface area (Å²) in [5.74, 6) is -1.45. The number of amides is 1. The first-order valence-electron chi connectivity index (χ1n) is 7.69. The number of carbonyl (C=O) groups is 2. The highest BCUT2D eigenvalue weighted by atomic mass is 35.5. The Labute approximate surface area is 152 Å². The van der Waals surface area contributed by atoms with Gasteiger partial charge in [0.05, 0.1) is 20.8 Å². The molecule has 2 aromatic carbocycles. The Morgan fingerprint density at radius 1 is 1.20 bits per heavy atom. The molecule has 1 aromatic heterocycles. The number of carboxylic acids is 1. The third kappa shape index (κ3) is 3.36. The number of carbonyl (C=O) groups excluding carboxylic acids is 1. The molecule has 0 bridgehead atoms. The number of carboxylic acid groups (broad SMARTS) is 1. The Balaban J connectivity index is 2.23. The quantitative estimate of drug-likeness (QED) is 0.746. The van der Waals surface area contributed by atoms with E-state index in [-0.39, 0.29) is 5.56 Å². The fourth-order valence-corrected chi connectivity index (χ4v) is 3.90. The zero-order valence-electron chi connectivity index (χ0n) is 13.3. The minimum Gasteiger partial charge on any atom is -0.480 e. The van der Waals surface area contributed by atoms with Crippen molar-refractivity contribution in [1.82, 2.24) is 4.57 Å². The second-order valence-electron chi connectivity index (χ2n) is 5.38. The predicted molar refractivity (Wildman–Crippen MR) is 98.1 cm³/mol. The lowest BCUT2D eigenvalue weighted by Gasteiger charge is -2.13. The van der Waals surface area contributed by atoms with E-state index < -0.39 is 17.9 Å². The molecule has 0 aliphatic carbocycles. The maximum Gasteiger partial charge on any atom is 0.326 e. The van der Waals surface area contributed by atoms with Crippen LogP contribution in [0.5, 0.6) is 0 Å². The van der Waals surface area contributed by atoms with E-state index in [4.69, 9.17) is 11.6 Å². The van der Waals surface area contributed by atoms with E-state index in [2.05, 4.69) is 4.99 Å². The van der Waals surface area contributed by atoms with E-state index in [1.165, 1.54) is 11.3 Å². The number of nitrogens with zero attached hydrogens (tertiary/aromatic N) is 2. The highest BCUT2D eigenvalue weighted by Gasteiger charge is 2.22. The molecule has 1 unspecified atom stereocenters. The van der Waals surface area contributed by atoms with Crippen LogP contribution in [0.1, 0.15) is 29.7 Å². The fourth-order valence-electron chi connectivity index (χ4n) is 2.62. The molecule has 0 aliphatic heterocycles. The van der Waals surface area contributed by atoms with Gasteiger partial charge in [-0.05, 0) is 30.7 Å². The van der Waals surface area contributed by atoms with Crippen molar-refractivity contribution in [1.29, 1.82) is 0 Å². The van der Waals surface area contributed by atoms with E-state index in [1.54, 1.807) is 35.8 Å². The summed E-state index contributed by atoms with van der Waals surface area (Å²) in [5, 5.41) is 9.87. The van der Waals surface area contributed by atoms with Crippen LogP contribution in [0.3, 0.4) is 0 Å². The van der Waals surface area contributed by atoms with E-state index in [1.807, 2.05) is 24.3 Å². The normalized spacial score (nSPS) is 13.1. The Morgan fingerprint density at radius 2 is 1.88 bits per heavy atom. The molecule has 0 radical (unpaired) electrons. The minimum atomic E-state index is -0.960. The van der Waals surface area contributed by atoms with Gasteiger partial charge in [-0.2, -0.15) is 4.99 Å². The van der Waals surface area contributed by atoms with E-state index in [0.717, 1.165) is 10.2 Å². The predicted octanol–water partition coefficient (Wildman–Crippen LogP) is 4.13. The fraction of sp³-hybridized carbons (Fsp3) is 0.167. The molecule has 1 atom stereocenters. The Bertz CT molecular complexity index is 1020. The van der Waals surface area contributed by atoms with E-state index >= 15 is 0 Å². The number of thiazole rings is 1. The molecule has 1 amide bonds. The Kier molecular flexibility index (Phi) is 5.01. The van der Waals surface area contributed by atoms with Crippen LogP contribution in [-0.2, 0) is 4.79 Å². The highest BCUT2D eigenvalue weighted by Crippen LogP contribution is 2.23. The zero-order chi connectivity index (χ0) is 18.0. The molecule has 0 saturated carbocycles. The van der Waals surface area contributed by atoms with Crippen LogP contribution in [-0.4, -0.2) is 21.6 Å². The van der Waals surface area contributed by atoms with Crippen molar-refractivity contribution in [2.75, 3.05) is 0 Å². The van der Waals surface area contributed by atoms with E-state index in [9.17, 15) is 14.7 Å². The third-order valence-electron chi connectivity index (χ3n) is 3.82. The van der Waals surface area contributed by atoms with Crippen molar-refractivity contribution in [3.8, 4) is 0 Å². The summed E-state index contributed by atoms with van der Waals surface area (Å²) < 4.78 is 2.48. The Morgan fingerprint density at radius 3 is 2.56 bits per heavy atom. The van der Waals surface area contributed by atoms with Gasteiger partial charge in [-0.25, -0.2) is 4.79 Å². The van der Waals surface area contributed by atoms with Gasteiger partial charge in [0.1, 0.15) is 6.04 Å².